The molecule has 0 radical (unpaired) electrons. The summed E-state index contributed by atoms with van der Waals surface area (Å²) in [6, 6.07) is 9.76. The molecule has 1 saturated heterocycles. The lowest BCUT2D eigenvalue weighted by atomic mass is 10.0. The van der Waals surface area contributed by atoms with Crippen molar-refractivity contribution in [2.75, 3.05) is 26.4 Å². The third kappa shape index (κ3) is 3.24. The molecule has 1 saturated carbocycles. The van der Waals surface area contributed by atoms with Crippen molar-refractivity contribution in [2.45, 2.75) is 25.0 Å². The van der Waals surface area contributed by atoms with Gasteiger partial charge in [0.15, 0.2) is 0 Å². The lowest BCUT2D eigenvalue weighted by molar-refractivity contribution is -0.0738. The standard InChI is InChI=1S/C21H24N2O3/c1-2-11-25-14-17-6-8-19-20(17)26-12-10-23(19)21(24)16-5-7-18-15(13-16)4-3-9-22-18/h2-5,7,9,13,17,19-20H,1,6,8,10-12,14H2/t17-,19+,20-/m0/s1. The van der Waals surface area contributed by atoms with Gasteiger partial charge in [0.25, 0.3) is 5.91 Å². The highest BCUT2D eigenvalue weighted by Crippen LogP contribution is 2.35. The van der Waals surface area contributed by atoms with E-state index in [1.54, 1.807) is 12.3 Å². The Kier molecular flexibility index (Phi) is 5.00. The fourth-order valence-corrected chi connectivity index (χ4v) is 4.17. The van der Waals surface area contributed by atoms with E-state index in [4.69, 9.17) is 9.47 Å². The van der Waals surface area contributed by atoms with E-state index >= 15 is 0 Å². The lowest BCUT2D eigenvalue weighted by Gasteiger charge is -2.39. The molecule has 0 unspecified atom stereocenters. The van der Waals surface area contributed by atoms with Crippen LogP contribution in [0.4, 0.5) is 0 Å². The Hall–Kier alpha value is -2.24. The molecule has 2 fully saturated rings. The third-order valence-electron chi connectivity index (χ3n) is 5.40. The van der Waals surface area contributed by atoms with Crippen LogP contribution in [-0.4, -0.2) is 54.3 Å². The van der Waals surface area contributed by atoms with Gasteiger partial charge in [0, 0.05) is 29.6 Å². The molecule has 136 valence electrons. The Morgan fingerprint density at radius 1 is 1.38 bits per heavy atom. The maximum Gasteiger partial charge on any atom is 0.254 e. The number of carbonyl (C=O) groups excluding carboxylic acids is 1. The lowest BCUT2D eigenvalue weighted by Crippen LogP contribution is -2.53. The summed E-state index contributed by atoms with van der Waals surface area (Å²) in [6.07, 6.45) is 5.59. The number of amides is 1. The highest BCUT2D eigenvalue weighted by molar-refractivity contribution is 5.98. The Bertz CT molecular complexity index is 807. The molecule has 1 aliphatic heterocycles. The van der Waals surface area contributed by atoms with E-state index in [1.807, 2.05) is 35.2 Å². The van der Waals surface area contributed by atoms with E-state index < -0.39 is 0 Å². The van der Waals surface area contributed by atoms with Crippen LogP contribution in [-0.2, 0) is 9.47 Å². The van der Waals surface area contributed by atoms with Gasteiger partial charge in [-0.2, -0.15) is 0 Å². The molecule has 1 amide bonds. The smallest absolute Gasteiger partial charge is 0.254 e. The highest BCUT2D eigenvalue weighted by atomic mass is 16.5. The first-order valence-electron chi connectivity index (χ1n) is 9.24. The number of morpholine rings is 1. The molecule has 0 N–H and O–H groups in total. The Labute approximate surface area is 153 Å². The minimum absolute atomic E-state index is 0.0691. The number of pyridine rings is 1. The zero-order chi connectivity index (χ0) is 17.9. The summed E-state index contributed by atoms with van der Waals surface area (Å²) >= 11 is 0. The van der Waals surface area contributed by atoms with Gasteiger partial charge < -0.3 is 14.4 Å². The summed E-state index contributed by atoms with van der Waals surface area (Å²) in [5, 5.41) is 0.991. The van der Waals surface area contributed by atoms with Gasteiger partial charge in [-0.05, 0) is 37.1 Å². The van der Waals surface area contributed by atoms with Gasteiger partial charge in [0.05, 0.1) is 37.5 Å². The molecule has 1 aliphatic carbocycles. The second kappa shape index (κ2) is 7.56. The summed E-state index contributed by atoms with van der Waals surface area (Å²) in [6.45, 7) is 6.13. The van der Waals surface area contributed by atoms with E-state index in [2.05, 4.69) is 11.6 Å². The van der Waals surface area contributed by atoms with Crippen LogP contribution >= 0.6 is 0 Å². The van der Waals surface area contributed by atoms with Gasteiger partial charge in [-0.3, -0.25) is 9.78 Å². The molecule has 26 heavy (non-hydrogen) atoms. The summed E-state index contributed by atoms with van der Waals surface area (Å²) in [5.41, 5.74) is 1.63. The van der Waals surface area contributed by atoms with Crippen molar-refractivity contribution in [1.82, 2.24) is 9.88 Å². The van der Waals surface area contributed by atoms with Crippen LogP contribution in [0.15, 0.2) is 49.2 Å². The van der Waals surface area contributed by atoms with Crippen molar-refractivity contribution in [1.29, 1.82) is 0 Å². The first-order chi connectivity index (χ1) is 12.8. The Morgan fingerprint density at radius 2 is 2.31 bits per heavy atom. The van der Waals surface area contributed by atoms with Gasteiger partial charge >= 0.3 is 0 Å². The number of nitrogens with zero attached hydrogens (tertiary/aromatic N) is 2. The number of aromatic nitrogens is 1. The van der Waals surface area contributed by atoms with Crippen LogP contribution in [0.5, 0.6) is 0 Å². The molecule has 1 aromatic carbocycles. The van der Waals surface area contributed by atoms with Crippen molar-refractivity contribution in [3.05, 3.63) is 54.7 Å². The molecule has 2 heterocycles. The number of rotatable bonds is 5. The molecule has 5 heteroatoms. The summed E-state index contributed by atoms with van der Waals surface area (Å²) in [5.74, 6) is 0.429. The van der Waals surface area contributed by atoms with Crippen molar-refractivity contribution in [3.8, 4) is 0 Å². The Balaban J connectivity index is 1.51. The summed E-state index contributed by atoms with van der Waals surface area (Å²) in [7, 11) is 0. The Morgan fingerprint density at radius 3 is 3.19 bits per heavy atom. The zero-order valence-electron chi connectivity index (χ0n) is 14.8. The average Bonchev–Trinajstić information content (AvgIpc) is 3.10. The first-order valence-corrected chi connectivity index (χ1v) is 9.24. The van der Waals surface area contributed by atoms with Gasteiger partial charge in [-0.1, -0.05) is 12.1 Å². The second-order valence-electron chi connectivity index (χ2n) is 6.98. The maximum absolute atomic E-state index is 13.2. The van der Waals surface area contributed by atoms with Crippen LogP contribution in [0.3, 0.4) is 0 Å². The van der Waals surface area contributed by atoms with Gasteiger partial charge in [-0.15, -0.1) is 6.58 Å². The molecule has 5 nitrogen and oxygen atoms in total. The number of hydrogen-bond acceptors (Lipinski definition) is 4. The molecule has 0 spiro atoms. The monoisotopic (exact) mass is 352 g/mol. The fourth-order valence-electron chi connectivity index (χ4n) is 4.17. The predicted octanol–water partition coefficient (Wildman–Crippen LogP) is 3.06. The van der Waals surface area contributed by atoms with Gasteiger partial charge in [0.1, 0.15) is 0 Å². The summed E-state index contributed by atoms with van der Waals surface area (Å²) in [4.78, 5) is 19.5. The quantitative estimate of drug-likeness (QED) is 0.613. The van der Waals surface area contributed by atoms with Crippen LogP contribution in [0.1, 0.15) is 23.2 Å². The predicted molar refractivity (Wildman–Crippen MR) is 100 cm³/mol. The van der Waals surface area contributed by atoms with E-state index in [0.29, 0.717) is 32.3 Å². The largest absolute Gasteiger partial charge is 0.377 e. The van der Waals surface area contributed by atoms with Crippen LogP contribution in [0.2, 0.25) is 0 Å². The minimum atomic E-state index is 0.0691. The molecule has 4 rings (SSSR count). The SMILES string of the molecule is C=CCOC[C@@H]1CC[C@@H]2[C@H]1OCCN2C(=O)c1ccc2ncccc2c1. The van der Waals surface area contributed by atoms with E-state index in [1.165, 1.54) is 0 Å². The second-order valence-corrected chi connectivity index (χ2v) is 6.98. The van der Waals surface area contributed by atoms with Crippen LogP contribution in [0, 0.1) is 5.92 Å². The van der Waals surface area contributed by atoms with Crippen molar-refractivity contribution in [2.24, 2.45) is 5.92 Å². The molecule has 1 aromatic heterocycles. The van der Waals surface area contributed by atoms with E-state index in [-0.39, 0.29) is 18.1 Å². The highest BCUT2D eigenvalue weighted by Gasteiger charge is 2.44. The van der Waals surface area contributed by atoms with Crippen LogP contribution in [0.25, 0.3) is 10.9 Å². The minimum Gasteiger partial charge on any atom is -0.377 e. The number of carbonyl (C=O) groups is 1. The number of hydrogen-bond donors (Lipinski definition) is 0. The van der Waals surface area contributed by atoms with Crippen molar-refractivity contribution >= 4 is 16.8 Å². The van der Waals surface area contributed by atoms with Gasteiger partial charge in [-0.25, -0.2) is 0 Å². The third-order valence-corrected chi connectivity index (χ3v) is 5.40. The molecule has 2 aromatic rings. The summed E-state index contributed by atoms with van der Waals surface area (Å²) < 4.78 is 11.7. The molecular formula is C21H24N2O3. The van der Waals surface area contributed by atoms with Crippen LogP contribution < -0.4 is 0 Å². The van der Waals surface area contributed by atoms with E-state index in [9.17, 15) is 4.79 Å². The average molecular weight is 352 g/mol. The molecule has 0 bridgehead atoms. The van der Waals surface area contributed by atoms with Crippen molar-refractivity contribution < 1.29 is 14.3 Å². The topological polar surface area (TPSA) is 51.7 Å². The van der Waals surface area contributed by atoms with Gasteiger partial charge in [0.2, 0.25) is 0 Å². The number of benzene rings is 1. The fraction of sp³-hybridized carbons (Fsp3) is 0.429. The molecule has 3 atom stereocenters. The van der Waals surface area contributed by atoms with E-state index in [0.717, 1.165) is 29.3 Å². The zero-order valence-corrected chi connectivity index (χ0v) is 14.8. The number of fused-ring (bicyclic) bond motifs is 2. The molecular weight excluding hydrogens is 328 g/mol. The first kappa shape index (κ1) is 17.2. The maximum atomic E-state index is 13.2. The number of ether oxygens (including phenoxy) is 2. The normalized spacial score (nSPS) is 25.2. The molecule has 2 aliphatic rings. The van der Waals surface area contributed by atoms with Crippen molar-refractivity contribution in [3.63, 3.8) is 0 Å².